The van der Waals surface area contributed by atoms with Gasteiger partial charge in [-0.05, 0) is 141 Å². The lowest BCUT2D eigenvalue weighted by Gasteiger charge is -2.26. The number of carbonyl (C=O) groups excluding carboxylic acids is 3. The Kier molecular flexibility index (Phi) is 65.5. The smallest absolute Gasteiger partial charge is 0.306 e. The summed E-state index contributed by atoms with van der Waals surface area (Å²) < 4.78 is 22.8. The molecule has 0 spiro atoms. The fraction of sp³-hybridized carbons (Fsp3) is 0.573. The number of nitrogens with zero attached hydrogens (tertiary/aromatic N) is 1. The van der Waals surface area contributed by atoms with E-state index in [9.17, 15) is 19.5 Å². The minimum atomic E-state index is -1.64. The first-order valence-electron chi connectivity index (χ1n) is 35.6. The van der Waals surface area contributed by atoms with Gasteiger partial charge in [0.25, 0.3) is 0 Å². The molecule has 2 unspecified atom stereocenters. The minimum absolute atomic E-state index is 0.133. The van der Waals surface area contributed by atoms with E-state index in [4.69, 9.17) is 18.9 Å². The molecule has 510 valence electrons. The van der Waals surface area contributed by atoms with Crippen molar-refractivity contribution < 1.29 is 42.9 Å². The molecule has 0 saturated heterocycles. The molecule has 0 fully saturated rings. The maximum absolute atomic E-state index is 12.9. The minimum Gasteiger partial charge on any atom is -0.545 e. The van der Waals surface area contributed by atoms with Crippen LogP contribution in [-0.4, -0.2) is 82.3 Å². The third-order valence-electron chi connectivity index (χ3n) is 14.3. The van der Waals surface area contributed by atoms with Crippen LogP contribution in [0.3, 0.4) is 0 Å². The molecule has 9 nitrogen and oxygen atoms in total. The predicted molar refractivity (Wildman–Crippen MR) is 388 cm³/mol. The Bertz CT molecular complexity index is 2200. The van der Waals surface area contributed by atoms with Gasteiger partial charge in [-0.15, -0.1) is 0 Å². The first kappa shape index (κ1) is 85.1. The molecule has 9 heteroatoms. The fourth-order valence-corrected chi connectivity index (χ4v) is 8.98. The van der Waals surface area contributed by atoms with Crippen molar-refractivity contribution in [2.24, 2.45) is 0 Å². The van der Waals surface area contributed by atoms with Crippen molar-refractivity contribution in [1.82, 2.24) is 0 Å². The maximum atomic E-state index is 12.9. The van der Waals surface area contributed by atoms with E-state index in [2.05, 4.69) is 208 Å². The van der Waals surface area contributed by atoms with E-state index in [0.29, 0.717) is 17.4 Å². The van der Waals surface area contributed by atoms with Crippen LogP contribution in [0.1, 0.15) is 245 Å². The molecule has 0 amide bonds. The normalized spacial score (nSPS) is 13.9. The summed E-state index contributed by atoms with van der Waals surface area (Å²) in [5.41, 5.74) is 0. The van der Waals surface area contributed by atoms with Gasteiger partial charge in [0.15, 0.2) is 12.4 Å². The van der Waals surface area contributed by atoms with Crippen LogP contribution < -0.4 is 5.11 Å². The van der Waals surface area contributed by atoms with Crippen LogP contribution in [-0.2, 0) is 33.3 Å². The molecule has 0 aromatic carbocycles. The summed E-state index contributed by atoms with van der Waals surface area (Å²) in [4.78, 5) is 37.5. The van der Waals surface area contributed by atoms with Gasteiger partial charge in [0, 0.05) is 12.8 Å². The molecule has 0 saturated carbocycles. The average molecular weight is 1260 g/mol. The monoisotopic (exact) mass is 1260 g/mol. The van der Waals surface area contributed by atoms with Crippen LogP contribution in [0.25, 0.3) is 0 Å². The van der Waals surface area contributed by atoms with Crippen molar-refractivity contribution in [2.45, 2.75) is 257 Å². The van der Waals surface area contributed by atoms with Gasteiger partial charge in [-0.1, -0.05) is 285 Å². The zero-order valence-electron chi connectivity index (χ0n) is 58.1. The molecule has 0 aliphatic carbocycles. The highest BCUT2D eigenvalue weighted by Gasteiger charge is 2.22. The number of esters is 2. The highest BCUT2D eigenvalue weighted by Crippen LogP contribution is 2.15. The Morgan fingerprint density at radius 2 is 0.593 bits per heavy atom. The lowest BCUT2D eigenvalue weighted by atomic mass is 10.1. The number of unbranched alkanes of at least 4 members (excludes halogenated alkanes) is 16. The Hall–Kier alpha value is -5.87. The largest absolute Gasteiger partial charge is 0.545 e. The van der Waals surface area contributed by atoms with Crippen molar-refractivity contribution >= 4 is 17.9 Å². The number of hydrogen-bond donors (Lipinski definition) is 0. The zero-order chi connectivity index (χ0) is 66.1. The SMILES string of the molecule is CC/C=C\C/C=C\C/C=C\C/C=C\C/C=C\C/C=C\C/C=C\C/C=C\CCCCCCCCCCC(=O)OCC(COC(OCC[N+](C)(C)C)C(=O)[O-])OC(=O)CCCCCCCCCC/C=C\C/C=C\C/C=C\C/C=C\C/C=C\C/C=C\C/C=C\C/C=C\CC. The second-order valence-electron chi connectivity index (χ2n) is 24.1. The van der Waals surface area contributed by atoms with Crippen LogP contribution in [0.15, 0.2) is 194 Å². The summed E-state index contributed by atoms with van der Waals surface area (Å²) in [6, 6.07) is 0. The highest BCUT2D eigenvalue weighted by molar-refractivity contribution is 5.70. The van der Waals surface area contributed by atoms with Crippen molar-refractivity contribution in [3.8, 4) is 0 Å². The molecule has 0 N–H and O–H groups in total. The lowest BCUT2D eigenvalue weighted by Crippen LogP contribution is -2.44. The summed E-state index contributed by atoms with van der Waals surface area (Å²) >= 11 is 0. The number of allylic oxidation sites excluding steroid dienone is 32. The van der Waals surface area contributed by atoms with Crippen LogP contribution in [0.5, 0.6) is 0 Å². The quantitative estimate of drug-likeness (QED) is 0.0195. The Labute approximate surface area is 557 Å². The van der Waals surface area contributed by atoms with Gasteiger partial charge < -0.3 is 33.3 Å². The Balaban J connectivity index is 4.24. The number of ether oxygens (including phenoxy) is 4. The van der Waals surface area contributed by atoms with Gasteiger partial charge in [-0.25, -0.2) is 0 Å². The number of likely N-dealkylation sites (N-methyl/N-ethyl adjacent to an activating group) is 1. The summed E-state index contributed by atoms with van der Waals surface area (Å²) in [6.07, 6.45) is 105. The molecular weight excluding hydrogens is 1130 g/mol. The lowest BCUT2D eigenvalue weighted by molar-refractivity contribution is -0.870. The van der Waals surface area contributed by atoms with E-state index < -0.39 is 24.3 Å². The number of hydrogen-bond acceptors (Lipinski definition) is 8. The van der Waals surface area contributed by atoms with Gasteiger partial charge in [-0.3, -0.25) is 9.59 Å². The van der Waals surface area contributed by atoms with Crippen LogP contribution in [0.2, 0.25) is 0 Å². The number of rotatable bonds is 63. The van der Waals surface area contributed by atoms with Crippen molar-refractivity contribution in [3.63, 3.8) is 0 Å². The van der Waals surface area contributed by atoms with Crippen LogP contribution in [0, 0.1) is 0 Å². The van der Waals surface area contributed by atoms with Crippen molar-refractivity contribution in [3.05, 3.63) is 194 Å². The van der Waals surface area contributed by atoms with E-state index in [1.165, 1.54) is 51.4 Å². The predicted octanol–water partition coefficient (Wildman–Crippen LogP) is 21.2. The van der Waals surface area contributed by atoms with E-state index >= 15 is 0 Å². The first-order valence-corrected chi connectivity index (χ1v) is 35.6. The average Bonchev–Trinajstić information content (AvgIpc) is 3.63. The molecule has 2 atom stereocenters. The van der Waals surface area contributed by atoms with Gasteiger partial charge in [0.2, 0.25) is 0 Å². The standard InChI is InChI=1S/C82H129NO8/c1-6-8-10-12-14-16-18-20-22-24-26-28-30-32-34-36-38-40-42-44-46-48-50-52-54-56-58-60-62-64-66-68-70-72-79(84)89-76-78(77-90-82(81(86)87)88-75-74-83(3,4)5)91-80(85)73-71-69-67-65-63-61-59-57-55-53-51-49-47-45-43-41-39-37-35-33-31-29-27-25-23-21-19-17-15-13-11-9-7-2/h8-11,14-17,20-23,26-29,32-35,38-41,44-47,50-53,78,82H,6-7,12-13,18-19,24-25,30-31,36-37,42-43,48-49,54-77H2,1-5H3/b10-8-,11-9-,16-14-,17-15-,22-20-,23-21-,28-26-,29-27-,34-32-,35-33-,40-38-,41-39-,46-44-,47-45-,52-50-,53-51-. The van der Waals surface area contributed by atoms with Crippen LogP contribution in [0.4, 0.5) is 0 Å². The molecule has 91 heavy (non-hydrogen) atoms. The van der Waals surface area contributed by atoms with Crippen molar-refractivity contribution in [1.29, 1.82) is 0 Å². The van der Waals surface area contributed by atoms with Gasteiger partial charge in [-0.2, -0.15) is 0 Å². The second kappa shape index (κ2) is 70.0. The van der Waals surface area contributed by atoms with E-state index in [1.54, 1.807) is 0 Å². The Morgan fingerprint density at radius 3 is 0.879 bits per heavy atom. The maximum Gasteiger partial charge on any atom is 0.306 e. The summed E-state index contributed by atoms with van der Waals surface area (Å²) in [6.45, 7) is 4.48. The fourth-order valence-electron chi connectivity index (χ4n) is 8.98. The molecule has 0 radical (unpaired) electrons. The molecule has 0 aliphatic heterocycles. The summed E-state index contributed by atoms with van der Waals surface area (Å²) in [5.74, 6) is -2.33. The van der Waals surface area contributed by atoms with Gasteiger partial charge >= 0.3 is 11.9 Å². The van der Waals surface area contributed by atoms with E-state index in [0.717, 1.165) is 161 Å². The molecule has 0 heterocycles. The number of quaternary nitrogens is 1. The number of aliphatic carboxylic acids is 1. The van der Waals surface area contributed by atoms with Gasteiger partial charge in [0.05, 0.1) is 40.3 Å². The summed E-state index contributed by atoms with van der Waals surface area (Å²) in [7, 11) is 5.91. The molecule has 0 aliphatic rings. The molecular formula is C82H129NO8. The Morgan fingerprint density at radius 1 is 0.330 bits per heavy atom. The first-order chi connectivity index (χ1) is 44.6. The number of carboxylic acid groups (broad SMARTS) is 1. The summed E-state index contributed by atoms with van der Waals surface area (Å²) in [5, 5.41) is 11.8. The number of carbonyl (C=O) groups is 3. The van der Waals surface area contributed by atoms with E-state index in [1.807, 2.05) is 21.1 Å². The van der Waals surface area contributed by atoms with Crippen LogP contribution >= 0.6 is 0 Å². The number of carboxylic acids is 1. The van der Waals surface area contributed by atoms with E-state index in [-0.39, 0.29) is 38.6 Å². The molecule has 0 bridgehead atoms. The zero-order valence-corrected chi connectivity index (χ0v) is 58.1. The third kappa shape index (κ3) is 71.4. The molecule has 0 aromatic heterocycles. The molecule has 0 rings (SSSR count). The highest BCUT2D eigenvalue weighted by atomic mass is 16.7. The van der Waals surface area contributed by atoms with Crippen molar-refractivity contribution in [2.75, 3.05) is 47.5 Å². The third-order valence-corrected chi connectivity index (χ3v) is 14.3. The topological polar surface area (TPSA) is 111 Å². The molecule has 0 aromatic rings. The van der Waals surface area contributed by atoms with Gasteiger partial charge in [0.1, 0.15) is 13.2 Å². The second-order valence-corrected chi connectivity index (χ2v) is 24.1.